The van der Waals surface area contributed by atoms with E-state index in [0.717, 1.165) is 16.5 Å². The summed E-state index contributed by atoms with van der Waals surface area (Å²) in [7, 11) is 0. The van der Waals surface area contributed by atoms with Crippen LogP contribution in [0.1, 0.15) is 15.9 Å². The predicted octanol–water partition coefficient (Wildman–Crippen LogP) is 5.22. The van der Waals surface area contributed by atoms with Gasteiger partial charge in [0.1, 0.15) is 0 Å². The summed E-state index contributed by atoms with van der Waals surface area (Å²) < 4.78 is 0. The van der Waals surface area contributed by atoms with E-state index in [2.05, 4.69) is 4.98 Å². The summed E-state index contributed by atoms with van der Waals surface area (Å²) in [5.41, 5.74) is 2.70. The van der Waals surface area contributed by atoms with Crippen LogP contribution in [0.3, 0.4) is 0 Å². The van der Waals surface area contributed by atoms with Crippen molar-refractivity contribution in [2.75, 3.05) is 0 Å². The van der Waals surface area contributed by atoms with E-state index in [1.807, 2.05) is 31.2 Å². The zero-order valence-corrected chi connectivity index (χ0v) is 13.1. The molecule has 0 fully saturated rings. The fourth-order valence-corrected chi connectivity index (χ4v) is 2.89. The summed E-state index contributed by atoms with van der Waals surface area (Å²) in [5.74, 6) is -1.13. The third kappa shape index (κ3) is 2.54. The Balaban J connectivity index is 2.30. The molecule has 0 saturated carbocycles. The van der Waals surface area contributed by atoms with Gasteiger partial charge in [0.25, 0.3) is 0 Å². The van der Waals surface area contributed by atoms with E-state index in [-0.39, 0.29) is 10.6 Å². The summed E-state index contributed by atoms with van der Waals surface area (Å²) in [6.07, 6.45) is 0. The predicted molar refractivity (Wildman–Crippen MR) is 88.9 cm³/mol. The quantitative estimate of drug-likeness (QED) is 0.700. The van der Waals surface area contributed by atoms with Crippen LogP contribution in [0, 0.1) is 6.92 Å². The van der Waals surface area contributed by atoms with Crippen LogP contribution in [0.2, 0.25) is 10.0 Å². The summed E-state index contributed by atoms with van der Waals surface area (Å²) in [5, 5.41) is 10.8. The van der Waals surface area contributed by atoms with Crippen molar-refractivity contribution in [1.82, 2.24) is 4.98 Å². The molecule has 3 nitrogen and oxygen atoms in total. The standard InChI is InChI=1S/C17H11Cl2NO2/c1-9-2-6-13-10(8-9)3-7-14(20-13)15-11(18)4-5-12(19)16(15)17(21)22/h2-8H,1H3,(H,21,22). The number of carbonyl (C=O) groups is 1. The van der Waals surface area contributed by atoms with Crippen LogP contribution in [-0.4, -0.2) is 16.1 Å². The maximum absolute atomic E-state index is 11.5. The molecule has 3 rings (SSSR count). The summed E-state index contributed by atoms with van der Waals surface area (Å²) in [4.78, 5) is 16.0. The largest absolute Gasteiger partial charge is 0.478 e. The molecule has 0 spiro atoms. The fourth-order valence-electron chi connectivity index (χ4n) is 2.40. The Kier molecular flexibility index (Phi) is 3.77. The highest BCUT2D eigenvalue weighted by Gasteiger charge is 2.20. The Morgan fingerprint density at radius 1 is 1.05 bits per heavy atom. The van der Waals surface area contributed by atoms with E-state index in [0.29, 0.717) is 16.3 Å². The Hall–Kier alpha value is -2.10. The highest BCUT2D eigenvalue weighted by Crippen LogP contribution is 2.35. The van der Waals surface area contributed by atoms with Crippen molar-refractivity contribution < 1.29 is 9.90 Å². The van der Waals surface area contributed by atoms with Crippen molar-refractivity contribution in [2.45, 2.75) is 6.92 Å². The van der Waals surface area contributed by atoms with Crippen molar-refractivity contribution in [2.24, 2.45) is 0 Å². The molecule has 0 amide bonds. The van der Waals surface area contributed by atoms with E-state index in [4.69, 9.17) is 23.2 Å². The molecule has 0 aliphatic rings. The number of hydrogen-bond acceptors (Lipinski definition) is 2. The van der Waals surface area contributed by atoms with Gasteiger partial charge in [-0.2, -0.15) is 0 Å². The molecule has 1 aromatic heterocycles. The minimum atomic E-state index is -1.13. The highest BCUT2D eigenvalue weighted by atomic mass is 35.5. The van der Waals surface area contributed by atoms with Gasteiger partial charge >= 0.3 is 5.97 Å². The first kappa shape index (κ1) is 14.8. The van der Waals surface area contributed by atoms with Gasteiger partial charge in [0.05, 0.1) is 26.8 Å². The number of hydrogen-bond donors (Lipinski definition) is 1. The summed E-state index contributed by atoms with van der Waals surface area (Å²) in [6.45, 7) is 2.00. The Morgan fingerprint density at radius 2 is 1.77 bits per heavy atom. The second-order valence-electron chi connectivity index (χ2n) is 4.98. The second-order valence-corrected chi connectivity index (χ2v) is 5.79. The van der Waals surface area contributed by atoms with Crippen molar-refractivity contribution in [1.29, 1.82) is 0 Å². The number of benzene rings is 2. The summed E-state index contributed by atoms with van der Waals surface area (Å²) >= 11 is 12.2. The maximum atomic E-state index is 11.5. The normalized spacial score (nSPS) is 10.9. The molecule has 3 aromatic rings. The van der Waals surface area contributed by atoms with Crippen LogP contribution in [0.25, 0.3) is 22.2 Å². The average Bonchev–Trinajstić information content (AvgIpc) is 2.48. The number of fused-ring (bicyclic) bond motifs is 1. The lowest BCUT2D eigenvalue weighted by Crippen LogP contribution is -2.02. The maximum Gasteiger partial charge on any atom is 0.337 e. The zero-order chi connectivity index (χ0) is 15.9. The van der Waals surface area contributed by atoms with Gasteiger partial charge in [-0.15, -0.1) is 0 Å². The van der Waals surface area contributed by atoms with Gasteiger partial charge in [-0.05, 0) is 37.3 Å². The third-order valence-electron chi connectivity index (χ3n) is 3.42. The van der Waals surface area contributed by atoms with Crippen LogP contribution in [0.15, 0.2) is 42.5 Å². The number of nitrogens with zero attached hydrogens (tertiary/aromatic N) is 1. The SMILES string of the molecule is Cc1ccc2nc(-c3c(Cl)ccc(Cl)c3C(=O)O)ccc2c1. The highest BCUT2D eigenvalue weighted by molar-refractivity contribution is 6.38. The van der Waals surface area contributed by atoms with Crippen molar-refractivity contribution in [3.8, 4) is 11.3 Å². The van der Waals surface area contributed by atoms with Gasteiger partial charge in [-0.3, -0.25) is 0 Å². The van der Waals surface area contributed by atoms with Crippen LogP contribution in [0.4, 0.5) is 0 Å². The monoisotopic (exact) mass is 331 g/mol. The number of carboxylic acid groups (broad SMARTS) is 1. The molecule has 5 heteroatoms. The number of carboxylic acids is 1. The van der Waals surface area contributed by atoms with Gasteiger partial charge < -0.3 is 5.11 Å². The van der Waals surface area contributed by atoms with E-state index < -0.39 is 5.97 Å². The lowest BCUT2D eigenvalue weighted by atomic mass is 10.0. The Labute approximate surface area is 137 Å². The minimum absolute atomic E-state index is 0.0341. The minimum Gasteiger partial charge on any atom is -0.478 e. The number of aromatic nitrogens is 1. The third-order valence-corrected chi connectivity index (χ3v) is 4.05. The number of halogens is 2. The lowest BCUT2D eigenvalue weighted by Gasteiger charge is -2.11. The molecule has 0 unspecified atom stereocenters. The molecule has 0 radical (unpaired) electrons. The smallest absolute Gasteiger partial charge is 0.337 e. The molecule has 0 bridgehead atoms. The molecular formula is C17H11Cl2NO2. The van der Waals surface area contributed by atoms with Crippen LogP contribution < -0.4 is 0 Å². The summed E-state index contributed by atoms with van der Waals surface area (Å²) in [6, 6.07) is 12.6. The van der Waals surface area contributed by atoms with Gasteiger partial charge in [0, 0.05) is 10.9 Å². The average molecular weight is 332 g/mol. The van der Waals surface area contributed by atoms with Crippen LogP contribution in [-0.2, 0) is 0 Å². The number of aromatic carboxylic acids is 1. The van der Waals surface area contributed by atoms with E-state index in [1.165, 1.54) is 6.07 Å². The molecule has 1 N–H and O–H groups in total. The van der Waals surface area contributed by atoms with Crippen LogP contribution >= 0.6 is 23.2 Å². The first-order valence-corrected chi connectivity index (χ1v) is 7.32. The topological polar surface area (TPSA) is 50.2 Å². The Morgan fingerprint density at radius 3 is 2.50 bits per heavy atom. The second kappa shape index (κ2) is 5.59. The van der Waals surface area contributed by atoms with Gasteiger partial charge in [0.2, 0.25) is 0 Å². The molecule has 22 heavy (non-hydrogen) atoms. The zero-order valence-electron chi connectivity index (χ0n) is 11.6. The first-order chi connectivity index (χ1) is 10.5. The molecule has 2 aromatic carbocycles. The van der Waals surface area contributed by atoms with Crippen molar-refractivity contribution in [3.05, 3.63) is 63.6 Å². The number of pyridine rings is 1. The van der Waals surface area contributed by atoms with Gasteiger partial charge in [0.15, 0.2) is 0 Å². The van der Waals surface area contributed by atoms with Gasteiger partial charge in [-0.25, -0.2) is 9.78 Å². The first-order valence-electron chi connectivity index (χ1n) is 6.56. The number of aryl methyl sites for hydroxylation is 1. The van der Waals surface area contributed by atoms with E-state index in [9.17, 15) is 9.90 Å². The molecule has 1 heterocycles. The van der Waals surface area contributed by atoms with E-state index >= 15 is 0 Å². The number of rotatable bonds is 2. The molecule has 0 aliphatic carbocycles. The van der Waals surface area contributed by atoms with Crippen molar-refractivity contribution >= 4 is 40.1 Å². The van der Waals surface area contributed by atoms with Crippen molar-refractivity contribution in [3.63, 3.8) is 0 Å². The fraction of sp³-hybridized carbons (Fsp3) is 0.0588. The van der Waals surface area contributed by atoms with E-state index in [1.54, 1.807) is 12.1 Å². The molecular weight excluding hydrogens is 321 g/mol. The molecule has 0 atom stereocenters. The Bertz CT molecular complexity index is 907. The van der Waals surface area contributed by atoms with Crippen LogP contribution in [0.5, 0.6) is 0 Å². The molecule has 0 saturated heterocycles. The van der Waals surface area contributed by atoms with Gasteiger partial charge in [-0.1, -0.05) is 40.9 Å². The molecule has 110 valence electrons. The molecule has 0 aliphatic heterocycles. The lowest BCUT2D eigenvalue weighted by molar-refractivity contribution is 0.0698.